The van der Waals surface area contributed by atoms with Gasteiger partial charge in [-0.25, -0.2) is 4.90 Å². The second kappa shape index (κ2) is 8.86. The van der Waals surface area contributed by atoms with Crippen molar-refractivity contribution in [3.05, 3.63) is 95.7 Å². The molecule has 0 saturated carbocycles. The second-order valence-corrected chi connectivity index (χ2v) is 7.49. The van der Waals surface area contributed by atoms with Gasteiger partial charge in [0.05, 0.1) is 16.8 Å². The highest BCUT2D eigenvalue weighted by atomic mass is 19.4. The SMILES string of the molecule is CC(=O)Nc1ccc(NC2=C(c3ccccc3)C(=O)N(c3ccc(C(F)(F)F)cc3)C2=O)cc1. The molecule has 0 aliphatic carbocycles. The molecule has 0 aromatic heterocycles. The van der Waals surface area contributed by atoms with Crippen LogP contribution in [0.5, 0.6) is 0 Å². The molecule has 6 nitrogen and oxygen atoms in total. The minimum atomic E-state index is -4.54. The van der Waals surface area contributed by atoms with Crippen LogP contribution in [0.3, 0.4) is 0 Å². The van der Waals surface area contributed by atoms with E-state index in [1.54, 1.807) is 54.6 Å². The Morgan fingerprint density at radius 3 is 1.94 bits per heavy atom. The zero-order valence-electron chi connectivity index (χ0n) is 17.8. The minimum Gasteiger partial charge on any atom is -0.350 e. The van der Waals surface area contributed by atoms with Gasteiger partial charge in [0.15, 0.2) is 0 Å². The highest BCUT2D eigenvalue weighted by molar-refractivity contribution is 6.46. The Hall–Kier alpha value is -4.40. The summed E-state index contributed by atoms with van der Waals surface area (Å²) in [7, 11) is 0. The number of anilines is 3. The van der Waals surface area contributed by atoms with Crippen molar-refractivity contribution in [2.75, 3.05) is 15.5 Å². The van der Waals surface area contributed by atoms with Gasteiger partial charge in [-0.3, -0.25) is 14.4 Å². The third-order valence-corrected chi connectivity index (χ3v) is 5.07. The largest absolute Gasteiger partial charge is 0.416 e. The fourth-order valence-electron chi connectivity index (χ4n) is 3.54. The fraction of sp³-hybridized carbons (Fsp3) is 0.0800. The number of hydrogen-bond acceptors (Lipinski definition) is 4. The van der Waals surface area contributed by atoms with E-state index in [-0.39, 0.29) is 22.9 Å². The van der Waals surface area contributed by atoms with Crippen LogP contribution in [0.15, 0.2) is 84.6 Å². The van der Waals surface area contributed by atoms with Crippen molar-refractivity contribution in [1.82, 2.24) is 0 Å². The number of hydrogen-bond donors (Lipinski definition) is 2. The third kappa shape index (κ3) is 4.54. The number of nitrogens with zero attached hydrogens (tertiary/aromatic N) is 1. The molecule has 0 saturated heterocycles. The van der Waals surface area contributed by atoms with E-state index in [0.717, 1.165) is 29.2 Å². The van der Waals surface area contributed by atoms with Crippen LogP contribution in [0, 0.1) is 0 Å². The van der Waals surface area contributed by atoms with Crippen LogP contribution in [0.2, 0.25) is 0 Å². The first-order valence-electron chi connectivity index (χ1n) is 10.2. The number of imide groups is 1. The summed E-state index contributed by atoms with van der Waals surface area (Å²) in [5, 5.41) is 5.59. The van der Waals surface area contributed by atoms with E-state index in [0.29, 0.717) is 16.9 Å². The van der Waals surface area contributed by atoms with Gasteiger partial charge in [-0.1, -0.05) is 30.3 Å². The van der Waals surface area contributed by atoms with Gasteiger partial charge >= 0.3 is 6.18 Å². The summed E-state index contributed by atoms with van der Waals surface area (Å²) < 4.78 is 38.8. The van der Waals surface area contributed by atoms with Gasteiger partial charge < -0.3 is 10.6 Å². The second-order valence-electron chi connectivity index (χ2n) is 7.49. The minimum absolute atomic E-state index is 0.0108. The Labute approximate surface area is 192 Å². The molecule has 0 unspecified atom stereocenters. The van der Waals surface area contributed by atoms with Gasteiger partial charge in [0.1, 0.15) is 5.70 Å². The number of amides is 3. The fourth-order valence-corrected chi connectivity index (χ4v) is 3.54. The van der Waals surface area contributed by atoms with Gasteiger partial charge in [0.2, 0.25) is 5.91 Å². The lowest BCUT2D eigenvalue weighted by Crippen LogP contribution is -2.32. The molecule has 0 atom stereocenters. The van der Waals surface area contributed by atoms with Gasteiger partial charge in [0.25, 0.3) is 11.8 Å². The first-order valence-corrected chi connectivity index (χ1v) is 10.2. The van der Waals surface area contributed by atoms with Crippen LogP contribution in [0.25, 0.3) is 5.57 Å². The molecular formula is C25H18F3N3O3. The average molecular weight is 465 g/mol. The summed E-state index contributed by atoms with van der Waals surface area (Å²) in [5.41, 5.74) is 0.731. The van der Waals surface area contributed by atoms with E-state index in [9.17, 15) is 27.6 Å². The summed E-state index contributed by atoms with van der Waals surface area (Å²) in [5.74, 6) is -1.60. The molecular weight excluding hydrogens is 447 g/mol. The van der Waals surface area contributed by atoms with Crippen LogP contribution in [-0.2, 0) is 20.6 Å². The van der Waals surface area contributed by atoms with Crippen LogP contribution in [-0.4, -0.2) is 17.7 Å². The predicted octanol–water partition coefficient (Wildman–Crippen LogP) is 5.06. The Balaban J connectivity index is 1.71. The lowest BCUT2D eigenvalue weighted by atomic mass is 10.0. The van der Waals surface area contributed by atoms with Crippen molar-refractivity contribution in [2.45, 2.75) is 13.1 Å². The number of alkyl halides is 3. The Morgan fingerprint density at radius 1 is 0.794 bits per heavy atom. The van der Waals surface area contributed by atoms with E-state index < -0.39 is 23.6 Å². The van der Waals surface area contributed by atoms with Gasteiger partial charge in [-0.2, -0.15) is 13.2 Å². The smallest absolute Gasteiger partial charge is 0.350 e. The predicted molar refractivity (Wildman–Crippen MR) is 122 cm³/mol. The maximum atomic E-state index is 13.3. The normalized spacial score (nSPS) is 13.9. The third-order valence-electron chi connectivity index (χ3n) is 5.07. The van der Waals surface area contributed by atoms with Crippen molar-refractivity contribution in [3.8, 4) is 0 Å². The Kier molecular flexibility index (Phi) is 5.93. The molecule has 3 aromatic rings. The van der Waals surface area contributed by atoms with E-state index in [4.69, 9.17) is 0 Å². The standard InChI is InChI=1S/C25H18F3N3O3/c1-15(32)29-18-9-11-19(12-10-18)30-22-21(16-5-3-2-4-6-16)23(33)31(24(22)34)20-13-7-17(8-14-20)25(26,27)28/h2-14,30H,1H3,(H,29,32). The first kappa shape index (κ1) is 22.8. The summed E-state index contributed by atoms with van der Waals surface area (Å²) in [6, 6.07) is 18.8. The summed E-state index contributed by atoms with van der Waals surface area (Å²) in [6.07, 6.45) is -4.54. The van der Waals surface area contributed by atoms with Crippen molar-refractivity contribution >= 4 is 40.4 Å². The van der Waals surface area contributed by atoms with E-state index in [1.165, 1.54) is 6.92 Å². The molecule has 4 rings (SSSR count). The van der Waals surface area contributed by atoms with Gasteiger partial charge in [-0.15, -0.1) is 0 Å². The van der Waals surface area contributed by atoms with Crippen LogP contribution >= 0.6 is 0 Å². The number of rotatable bonds is 5. The lowest BCUT2D eigenvalue weighted by molar-refractivity contribution is -0.137. The maximum absolute atomic E-state index is 13.3. The molecule has 1 heterocycles. The van der Waals surface area contributed by atoms with Gasteiger partial charge in [-0.05, 0) is 54.1 Å². The van der Waals surface area contributed by atoms with Crippen LogP contribution < -0.4 is 15.5 Å². The van der Waals surface area contributed by atoms with Crippen molar-refractivity contribution < 1.29 is 27.6 Å². The summed E-state index contributed by atoms with van der Waals surface area (Å²) >= 11 is 0. The molecule has 2 N–H and O–H groups in total. The number of carbonyl (C=O) groups excluding carboxylic acids is 3. The average Bonchev–Trinajstić information content (AvgIpc) is 3.04. The Bertz CT molecular complexity index is 1280. The molecule has 1 aliphatic rings. The van der Waals surface area contributed by atoms with Crippen LogP contribution in [0.4, 0.5) is 30.2 Å². The lowest BCUT2D eigenvalue weighted by Gasteiger charge is -2.16. The summed E-state index contributed by atoms with van der Waals surface area (Å²) in [4.78, 5) is 38.7. The van der Waals surface area contributed by atoms with Crippen molar-refractivity contribution in [1.29, 1.82) is 0 Å². The number of nitrogens with one attached hydrogen (secondary N) is 2. The topological polar surface area (TPSA) is 78.5 Å². The van der Waals surface area contributed by atoms with Gasteiger partial charge in [0, 0.05) is 18.3 Å². The molecule has 3 aromatic carbocycles. The highest BCUT2D eigenvalue weighted by Gasteiger charge is 2.40. The molecule has 0 bridgehead atoms. The highest BCUT2D eigenvalue weighted by Crippen LogP contribution is 2.36. The first-order chi connectivity index (χ1) is 16.1. The zero-order chi connectivity index (χ0) is 24.5. The molecule has 0 fully saturated rings. The molecule has 9 heteroatoms. The molecule has 34 heavy (non-hydrogen) atoms. The Morgan fingerprint density at radius 2 is 1.38 bits per heavy atom. The maximum Gasteiger partial charge on any atom is 0.416 e. The number of halogens is 3. The zero-order valence-corrected chi connectivity index (χ0v) is 17.8. The summed E-state index contributed by atoms with van der Waals surface area (Å²) in [6.45, 7) is 1.38. The van der Waals surface area contributed by atoms with E-state index in [2.05, 4.69) is 10.6 Å². The van der Waals surface area contributed by atoms with Crippen LogP contribution in [0.1, 0.15) is 18.1 Å². The number of benzene rings is 3. The van der Waals surface area contributed by atoms with Crippen molar-refractivity contribution in [2.24, 2.45) is 0 Å². The molecule has 0 radical (unpaired) electrons. The van der Waals surface area contributed by atoms with E-state index in [1.807, 2.05) is 0 Å². The molecule has 3 amide bonds. The monoisotopic (exact) mass is 465 g/mol. The number of carbonyl (C=O) groups is 3. The molecule has 0 spiro atoms. The quantitative estimate of drug-likeness (QED) is 0.517. The van der Waals surface area contributed by atoms with E-state index >= 15 is 0 Å². The molecule has 172 valence electrons. The molecule has 1 aliphatic heterocycles. The van der Waals surface area contributed by atoms with Crippen molar-refractivity contribution in [3.63, 3.8) is 0 Å².